The van der Waals surface area contributed by atoms with E-state index in [9.17, 15) is 4.79 Å². The van der Waals surface area contributed by atoms with E-state index in [1.54, 1.807) is 11.3 Å². The van der Waals surface area contributed by atoms with Crippen LogP contribution in [0.15, 0.2) is 53.9 Å². The van der Waals surface area contributed by atoms with Gasteiger partial charge in [-0.1, -0.05) is 55.0 Å². The van der Waals surface area contributed by atoms with E-state index in [-0.39, 0.29) is 17.2 Å². The molecule has 5 heteroatoms. The standard InChI is InChI=1S/C22H21N3OS/c26-21(15-6-4-7-15)23-20-17-11-12-22(14-18(17)24-25-20,19-10-5-13-27-19)16-8-2-1-3-9-16/h1-3,5,8-13,15H,4,6-7,14H2,(H2,23,24,25,26). The van der Waals surface area contributed by atoms with Gasteiger partial charge >= 0.3 is 0 Å². The number of fused-ring (bicyclic) bond motifs is 1. The second-order valence-electron chi connectivity index (χ2n) is 7.41. The lowest BCUT2D eigenvalue weighted by Gasteiger charge is -2.33. The number of anilines is 1. The minimum absolute atomic E-state index is 0.0992. The third-order valence-corrected chi connectivity index (χ3v) is 6.89. The zero-order valence-electron chi connectivity index (χ0n) is 14.9. The van der Waals surface area contributed by atoms with Crippen LogP contribution < -0.4 is 5.32 Å². The number of aromatic amines is 1. The van der Waals surface area contributed by atoms with Gasteiger partial charge in [0.25, 0.3) is 0 Å². The lowest BCUT2D eigenvalue weighted by atomic mass is 9.72. The number of nitrogens with one attached hydrogen (secondary N) is 2. The molecular weight excluding hydrogens is 354 g/mol. The zero-order valence-corrected chi connectivity index (χ0v) is 15.8. The molecule has 0 spiro atoms. The molecule has 1 aromatic carbocycles. The van der Waals surface area contributed by atoms with Crippen molar-refractivity contribution in [3.05, 3.63) is 75.6 Å². The molecule has 2 heterocycles. The van der Waals surface area contributed by atoms with Gasteiger partial charge in [0.15, 0.2) is 5.82 Å². The van der Waals surface area contributed by atoms with Gasteiger partial charge in [0.2, 0.25) is 5.91 Å². The highest BCUT2D eigenvalue weighted by Crippen LogP contribution is 2.44. The molecule has 1 fully saturated rings. The number of benzene rings is 1. The molecule has 1 atom stereocenters. The van der Waals surface area contributed by atoms with Crippen LogP contribution in [0.3, 0.4) is 0 Å². The Hall–Kier alpha value is -2.66. The maximum absolute atomic E-state index is 12.3. The molecule has 2 N–H and O–H groups in total. The summed E-state index contributed by atoms with van der Waals surface area (Å²) in [6.07, 6.45) is 8.32. The Bertz CT molecular complexity index is 986. The molecule has 0 saturated heterocycles. The third kappa shape index (κ3) is 2.73. The Kier molecular flexibility index (Phi) is 3.97. The molecule has 3 aromatic rings. The third-order valence-electron chi connectivity index (χ3n) is 5.84. The summed E-state index contributed by atoms with van der Waals surface area (Å²) in [5.74, 6) is 0.910. The summed E-state index contributed by atoms with van der Waals surface area (Å²) in [5, 5.41) is 12.7. The van der Waals surface area contributed by atoms with Crippen LogP contribution in [0.4, 0.5) is 5.82 Å². The average molecular weight is 375 g/mol. The number of thiophene rings is 1. The van der Waals surface area contributed by atoms with Crippen LogP contribution in [0.5, 0.6) is 0 Å². The molecule has 1 saturated carbocycles. The van der Waals surface area contributed by atoms with Crippen molar-refractivity contribution in [3.63, 3.8) is 0 Å². The van der Waals surface area contributed by atoms with Gasteiger partial charge in [-0.25, -0.2) is 0 Å². The Morgan fingerprint density at radius 2 is 2.04 bits per heavy atom. The van der Waals surface area contributed by atoms with Crippen molar-refractivity contribution in [2.45, 2.75) is 31.1 Å². The second kappa shape index (κ2) is 6.50. The summed E-state index contributed by atoms with van der Waals surface area (Å²) >= 11 is 1.77. The van der Waals surface area contributed by atoms with Crippen LogP contribution in [0.1, 0.15) is 41.0 Å². The Balaban J connectivity index is 1.51. The van der Waals surface area contributed by atoms with E-state index in [1.165, 1.54) is 10.4 Å². The van der Waals surface area contributed by atoms with E-state index >= 15 is 0 Å². The molecule has 0 radical (unpaired) electrons. The quantitative estimate of drug-likeness (QED) is 0.690. The first-order valence-corrected chi connectivity index (χ1v) is 10.3. The van der Waals surface area contributed by atoms with Crippen molar-refractivity contribution >= 4 is 29.1 Å². The predicted molar refractivity (Wildman–Crippen MR) is 109 cm³/mol. The van der Waals surface area contributed by atoms with Crippen molar-refractivity contribution < 1.29 is 4.79 Å². The number of amides is 1. The van der Waals surface area contributed by atoms with Gasteiger partial charge in [-0.3, -0.25) is 9.89 Å². The van der Waals surface area contributed by atoms with Crippen LogP contribution in [0.25, 0.3) is 6.08 Å². The highest BCUT2D eigenvalue weighted by atomic mass is 32.1. The van der Waals surface area contributed by atoms with E-state index in [2.05, 4.69) is 69.4 Å². The number of allylic oxidation sites excluding steroid dienone is 1. The number of carbonyl (C=O) groups is 1. The fourth-order valence-corrected chi connectivity index (χ4v) is 4.96. The monoisotopic (exact) mass is 375 g/mol. The Morgan fingerprint density at radius 3 is 2.74 bits per heavy atom. The van der Waals surface area contributed by atoms with Gasteiger partial charge in [0, 0.05) is 28.5 Å². The average Bonchev–Trinajstić information content (AvgIpc) is 3.31. The topological polar surface area (TPSA) is 57.8 Å². The van der Waals surface area contributed by atoms with Crippen LogP contribution in [-0.4, -0.2) is 16.1 Å². The molecule has 2 aliphatic carbocycles. The summed E-state index contributed by atoms with van der Waals surface area (Å²) in [6.45, 7) is 0. The first kappa shape index (κ1) is 16.5. The molecular formula is C22H21N3OS. The molecule has 136 valence electrons. The molecule has 1 amide bonds. The maximum atomic E-state index is 12.3. The summed E-state index contributed by atoms with van der Waals surface area (Å²) < 4.78 is 0. The number of carbonyl (C=O) groups excluding carboxylic acids is 1. The number of rotatable bonds is 4. The minimum Gasteiger partial charge on any atom is -0.308 e. The van der Waals surface area contributed by atoms with Crippen molar-refractivity contribution in [2.75, 3.05) is 5.32 Å². The molecule has 5 rings (SSSR count). The van der Waals surface area contributed by atoms with Gasteiger partial charge in [0.05, 0.1) is 5.41 Å². The number of H-pyrrole nitrogens is 1. The number of hydrogen-bond donors (Lipinski definition) is 2. The first-order chi connectivity index (χ1) is 13.3. The summed E-state index contributed by atoms with van der Waals surface area (Å²) in [6, 6.07) is 14.9. The largest absolute Gasteiger partial charge is 0.308 e. The summed E-state index contributed by atoms with van der Waals surface area (Å²) in [7, 11) is 0. The Morgan fingerprint density at radius 1 is 1.19 bits per heavy atom. The van der Waals surface area contributed by atoms with Crippen LogP contribution >= 0.6 is 11.3 Å². The van der Waals surface area contributed by atoms with Gasteiger partial charge < -0.3 is 5.32 Å². The molecule has 0 bridgehead atoms. The first-order valence-electron chi connectivity index (χ1n) is 9.43. The molecule has 2 aromatic heterocycles. The van der Waals surface area contributed by atoms with E-state index in [0.717, 1.165) is 36.9 Å². The van der Waals surface area contributed by atoms with Crippen molar-refractivity contribution in [1.82, 2.24) is 10.2 Å². The second-order valence-corrected chi connectivity index (χ2v) is 8.35. The van der Waals surface area contributed by atoms with E-state index in [1.807, 2.05) is 6.07 Å². The SMILES string of the molecule is O=C(Nc1n[nH]c2c1C=CC(c1ccccc1)(c1cccs1)C2)C1CCC1. The van der Waals surface area contributed by atoms with Crippen LogP contribution in [0, 0.1) is 5.92 Å². The highest BCUT2D eigenvalue weighted by Gasteiger charge is 2.37. The molecule has 2 aliphatic rings. The van der Waals surface area contributed by atoms with Crippen molar-refractivity contribution in [2.24, 2.45) is 5.92 Å². The van der Waals surface area contributed by atoms with Gasteiger partial charge in [0.1, 0.15) is 0 Å². The highest BCUT2D eigenvalue weighted by molar-refractivity contribution is 7.10. The number of aromatic nitrogens is 2. The number of hydrogen-bond acceptors (Lipinski definition) is 3. The lowest BCUT2D eigenvalue weighted by molar-refractivity contribution is -0.122. The van der Waals surface area contributed by atoms with Gasteiger partial charge in [-0.15, -0.1) is 11.3 Å². The number of nitrogens with zero attached hydrogens (tertiary/aromatic N) is 1. The van der Waals surface area contributed by atoms with Crippen molar-refractivity contribution in [1.29, 1.82) is 0 Å². The molecule has 1 unspecified atom stereocenters. The molecule has 27 heavy (non-hydrogen) atoms. The zero-order chi connectivity index (χ0) is 18.3. The molecule has 4 nitrogen and oxygen atoms in total. The fraction of sp³-hybridized carbons (Fsp3) is 0.273. The summed E-state index contributed by atoms with van der Waals surface area (Å²) in [5.41, 5.74) is 3.14. The van der Waals surface area contributed by atoms with Gasteiger partial charge in [-0.2, -0.15) is 5.10 Å². The van der Waals surface area contributed by atoms with Gasteiger partial charge in [-0.05, 0) is 29.9 Å². The van der Waals surface area contributed by atoms with Crippen LogP contribution in [-0.2, 0) is 16.6 Å². The van der Waals surface area contributed by atoms with Crippen molar-refractivity contribution in [3.8, 4) is 0 Å². The van der Waals surface area contributed by atoms with E-state index in [4.69, 9.17) is 0 Å². The Labute approximate surface area is 162 Å². The summed E-state index contributed by atoms with van der Waals surface area (Å²) in [4.78, 5) is 13.6. The lowest BCUT2D eigenvalue weighted by Crippen LogP contribution is -2.30. The van der Waals surface area contributed by atoms with E-state index < -0.39 is 0 Å². The molecule has 0 aliphatic heterocycles. The predicted octanol–water partition coefficient (Wildman–Crippen LogP) is 4.77. The normalized spacial score (nSPS) is 21.5. The minimum atomic E-state index is -0.204. The maximum Gasteiger partial charge on any atom is 0.228 e. The smallest absolute Gasteiger partial charge is 0.228 e. The van der Waals surface area contributed by atoms with Crippen LogP contribution in [0.2, 0.25) is 0 Å². The van der Waals surface area contributed by atoms with E-state index in [0.29, 0.717) is 5.82 Å². The fourth-order valence-electron chi connectivity index (χ4n) is 4.03.